The van der Waals surface area contributed by atoms with Crippen molar-refractivity contribution in [2.75, 3.05) is 6.26 Å². The zero-order valence-electron chi connectivity index (χ0n) is 8.40. The van der Waals surface area contributed by atoms with Crippen LogP contribution in [0.1, 0.15) is 5.56 Å². The topological polar surface area (TPSA) is 77.2 Å². The second kappa shape index (κ2) is 4.97. The first-order valence-corrected chi connectivity index (χ1v) is 9.70. The Morgan fingerprint density at radius 1 is 1.50 bits per heavy atom. The molecule has 0 heterocycles. The summed E-state index contributed by atoms with van der Waals surface area (Å²) in [5.74, 6) is -1.29. The number of amides is 1. The van der Waals surface area contributed by atoms with Crippen LogP contribution in [0.3, 0.4) is 0 Å². The molecular formula is C9H10AsFNO3S. The quantitative estimate of drug-likeness (QED) is 0.716. The average Bonchev–Trinajstić information content (AvgIpc) is 2.06. The molecule has 1 atom stereocenters. The molecule has 0 bridgehead atoms. The Labute approximate surface area is 98.6 Å². The summed E-state index contributed by atoms with van der Waals surface area (Å²) in [4.78, 5) is 10.5. The predicted molar refractivity (Wildman–Crippen MR) is 60.6 cm³/mol. The Morgan fingerprint density at radius 2 is 2.12 bits per heavy atom. The standard InChI is InChI=1S/C9H10AsFNO3S/c1-16(14,15)10-7-3-2-6(4-8(7)11)5-9(12)13/h2-5,10H,1H3,(H2,12,13). The molecule has 0 aromatic heterocycles. The van der Waals surface area contributed by atoms with Gasteiger partial charge in [0.25, 0.3) is 0 Å². The Morgan fingerprint density at radius 3 is 2.56 bits per heavy atom. The minimum atomic E-state index is -3.15. The first-order valence-electron chi connectivity index (χ1n) is 4.19. The Kier molecular flexibility index (Phi) is 4.10. The maximum absolute atomic E-state index is 13.4. The molecule has 2 N–H and O–H groups in total. The third kappa shape index (κ3) is 4.33. The Hall–Kier alpha value is -0.872. The fourth-order valence-electron chi connectivity index (χ4n) is 1.07. The number of rotatable bonds is 4. The third-order valence-electron chi connectivity index (χ3n) is 1.60. The first-order chi connectivity index (χ1) is 7.28. The van der Waals surface area contributed by atoms with Crippen LogP contribution < -0.4 is 10.1 Å². The minimum absolute atomic E-state index is 0.198. The summed E-state index contributed by atoms with van der Waals surface area (Å²) in [5.41, 5.74) is 5.24. The van der Waals surface area contributed by atoms with Crippen LogP contribution in [0.5, 0.6) is 0 Å². The molecule has 1 aromatic carbocycles. The maximum atomic E-state index is 13.4. The van der Waals surface area contributed by atoms with Crippen LogP contribution in [0, 0.1) is 12.2 Å². The van der Waals surface area contributed by atoms with E-state index >= 15 is 0 Å². The molecule has 1 aromatic rings. The molecule has 0 aliphatic rings. The van der Waals surface area contributed by atoms with E-state index in [0.717, 1.165) is 18.7 Å². The van der Waals surface area contributed by atoms with Gasteiger partial charge in [-0.3, -0.25) is 0 Å². The van der Waals surface area contributed by atoms with Crippen LogP contribution in [0.2, 0.25) is 0 Å². The van der Waals surface area contributed by atoms with Crippen LogP contribution in [0.25, 0.3) is 0 Å². The molecule has 16 heavy (non-hydrogen) atoms. The van der Waals surface area contributed by atoms with Crippen LogP contribution >= 0.6 is 0 Å². The van der Waals surface area contributed by atoms with Gasteiger partial charge in [-0.1, -0.05) is 0 Å². The number of carbonyl (C=O) groups excluding carboxylic acids is 1. The molecule has 0 saturated heterocycles. The zero-order valence-corrected chi connectivity index (χ0v) is 11.3. The number of hydrogen-bond donors (Lipinski definition) is 1. The van der Waals surface area contributed by atoms with Crippen molar-refractivity contribution in [1.82, 2.24) is 0 Å². The summed E-state index contributed by atoms with van der Waals surface area (Å²) < 4.78 is 35.7. The van der Waals surface area contributed by atoms with Gasteiger partial charge in [-0.15, -0.1) is 0 Å². The number of halogens is 1. The summed E-state index contributed by atoms with van der Waals surface area (Å²) in [7, 11) is -3.15. The van der Waals surface area contributed by atoms with Gasteiger partial charge in [0.15, 0.2) is 0 Å². The first kappa shape index (κ1) is 13.2. The fraction of sp³-hybridized carbons (Fsp3) is 0.111. The van der Waals surface area contributed by atoms with E-state index in [9.17, 15) is 17.6 Å². The molecule has 4 nitrogen and oxygen atoms in total. The van der Waals surface area contributed by atoms with Crippen LogP contribution in [0.4, 0.5) is 4.39 Å². The second-order valence-electron chi connectivity index (χ2n) is 3.16. The van der Waals surface area contributed by atoms with Gasteiger partial charge in [-0.25, -0.2) is 0 Å². The van der Waals surface area contributed by atoms with Gasteiger partial charge >= 0.3 is 98.5 Å². The molecule has 0 aliphatic heterocycles. The van der Waals surface area contributed by atoms with Crippen LogP contribution in [-0.4, -0.2) is 35.2 Å². The summed E-state index contributed by atoms with van der Waals surface area (Å²) in [6.07, 6.45) is 2.16. The molecule has 0 aliphatic carbocycles. The molecule has 87 valence electrons. The SMILES string of the molecule is CS(=O)(=O)[AsH]c1ccc([CH]C(N)=O)cc1F. The number of benzene rings is 1. The van der Waals surface area contributed by atoms with Gasteiger partial charge in [-0.05, 0) is 0 Å². The van der Waals surface area contributed by atoms with Crippen LogP contribution in [-0.2, 0) is 12.9 Å². The normalized spacial score (nSPS) is 12.1. The number of nitrogens with two attached hydrogens (primary N) is 1. The van der Waals surface area contributed by atoms with Crippen molar-refractivity contribution in [3.05, 3.63) is 36.0 Å². The van der Waals surface area contributed by atoms with E-state index in [1.165, 1.54) is 12.1 Å². The summed E-state index contributed by atoms with van der Waals surface area (Å²) >= 11 is -1.55. The van der Waals surface area contributed by atoms with Gasteiger partial charge < -0.3 is 0 Å². The van der Waals surface area contributed by atoms with E-state index in [4.69, 9.17) is 5.73 Å². The molecular weight excluding hydrogens is 296 g/mol. The molecule has 1 unspecified atom stereocenters. The monoisotopic (exact) mass is 306 g/mol. The molecule has 1 rings (SSSR count). The Balaban J connectivity index is 2.96. The van der Waals surface area contributed by atoms with Crippen molar-refractivity contribution in [2.45, 2.75) is 0 Å². The fourth-order valence-corrected chi connectivity index (χ4v) is 5.52. The predicted octanol–water partition coefficient (Wildman–Crippen LogP) is -1.12. The average molecular weight is 306 g/mol. The van der Waals surface area contributed by atoms with Gasteiger partial charge in [0.1, 0.15) is 0 Å². The van der Waals surface area contributed by atoms with Gasteiger partial charge in [0.2, 0.25) is 0 Å². The third-order valence-corrected chi connectivity index (χ3v) is 6.76. The van der Waals surface area contributed by atoms with Crippen LogP contribution in [0.15, 0.2) is 18.2 Å². The zero-order chi connectivity index (χ0) is 12.3. The molecule has 7 heteroatoms. The van der Waals surface area contributed by atoms with Crippen molar-refractivity contribution < 1.29 is 17.6 Å². The van der Waals surface area contributed by atoms with Gasteiger partial charge in [0, 0.05) is 0 Å². The van der Waals surface area contributed by atoms with Crippen molar-refractivity contribution in [3.8, 4) is 0 Å². The summed E-state index contributed by atoms with van der Waals surface area (Å²) in [6, 6.07) is 3.96. The van der Waals surface area contributed by atoms with Crippen molar-refractivity contribution in [1.29, 1.82) is 0 Å². The van der Waals surface area contributed by atoms with Gasteiger partial charge in [0.05, 0.1) is 0 Å². The van der Waals surface area contributed by atoms with E-state index in [1.807, 2.05) is 0 Å². The number of hydrogen-bond acceptors (Lipinski definition) is 3. The molecule has 1 amide bonds. The van der Waals surface area contributed by atoms with E-state index in [2.05, 4.69) is 0 Å². The molecule has 1 radical (unpaired) electrons. The van der Waals surface area contributed by atoms with E-state index < -0.39 is 34.4 Å². The van der Waals surface area contributed by atoms with Crippen molar-refractivity contribution in [2.24, 2.45) is 5.73 Å². The van der Waals surface area contributed by atoms with E-state index in [1.54, 1.807) is 0 Å². The Bertz CT molecular complexity index is 515. The molecule has 0 saturated carbocycles. The van der Waals surface area contributed by atoms with E-state index in [0.29, 0.717) is 5.56 Å². The van der Waals surface area contributed by atoms with E-state index in [-0.39, 0.29) is 4.35 Å². The van der Waals surface area contributed by atoms with Gasteiger partial charge in [-0.2, -0.15) is 0 Å². The number of primary amides is 1. The summed E-state index contributed by atoms with van der Waals surface area (Å²) in [5, 5.41) is 0. The summed E-state index contributed by atoms with van der Waals surface area (Å²) in [6.45, 7) is 0. The molecule has 0 fully saturated rings. The van der Waals surface area contributed by atoms with Crippen molar-refractivity contribution in [3.63, 3.8) is 0 Å². The molecule has 0 spiro atoms. The van der Waals surface area contributed by atoms with Crippen molar-refractivity contribution >= 4 is 33.0 Å². The second-order valence-corrected chi connectivity index (χ2v) is 12.0. The number of carbonyl (C=O) groups is 1.